The molecule has 5 heteroatoms. The Hall–Kier alpha value is -3.99. The van der Waals surface area contributed by atoms with Gasteiger partial charge in [-0.05, 0) is 35.8 Å². The van der Waals surface area contributed by atoms with Gasteiger partial charge in [0.15, 0.2) is 5.76 Å². The molecule has 4 rings (SSSR count). The number of phenols is 2. The summed E-state index contributed by atoms with van der Waals surface area (Å²) in [5, 5.41) is 21.0. The predicted molar refractivity (Wildman–Crippen MR) is 115 cm³/mol. The van der Waals surface area contributed by atoms with Crippen LogP contribution >= 0.6 is 0 Å². The van der Waals surface area contributed by atoms with E-state index in [1.165, 1.54) is 6.07 Å². The van der Waals surface area contributed by atoms with Crippen LogP contribution in [0.25, 0.3) is 12.2 Å². The number of benzene rings is 3. The third-order valence-corrected chi connectivity index (χ3v) is 4.86. The molecule has 3 aromatic rings. The van der Waals surface area contributed by atoms with Gasteiger partial charge in [0.25, 0.3) is 0 Å². The molecule has 150 valence electrons. The van der Waals surface area contributed by atoms with Gasteiger partial charge in [0, 0.05) is 11.6 Å². The van der Waals surface area contributed by atoms with E-state index in [2.05, 4.69) is 0 Å². The van der Waals surface area contributed by atoms with E-state index in [4.69, 9.17) is 9.47 Å². The second-order valence-electron chi connectivity index (χ2n) is 6.83. The minimum Gasteiger partial charge on any atom is -0.507 e. The van der Waals surface area contributed by atoms with Crippen molar-refractivity contribution in [3.63, 3.8) is 0 Å². The van der Waals surface area contributed by atoms with Crippen molar-refractivity contribution in [2.45, 2.75) is 6.42 Å². The summed E-state index contributed by atoms with van der Waals surface area (Å²) in [6.07, 6.45) is 5.57. The number of aromatic hydroxyl groups is 2. The smallest absolute Gasteiger partial charge is 0.235 e. The van der Waals surface area contributed by atoms with Gasteiger partial charge in [-0.2, -0.15) is 0 Å². The third kappa shape index (κ3) is 3.78. The summed E-state index contributed by atoms with van der Waals surface area (Å²) in [6, 6.07) is 18.2. The van der Waals surface area contributed by atoms with Crippen LogP contribution in [0.3, 0.4) is 0 Å². The molecule has 0 saturated heterocycles. The van der Waals surface area contributed by atoms with Crippen molar-refractivity contribution in [2.75, 3.05) is 7.11 Å². The minimum atomic E-state index is -0.424. The van der Waals surface area contributed by atoms with Crippen molar-refractivity contribution in [2.24, 2.45) is 0 Å². The number of methoxy groups -OCH3 is 1. The molecule has 0 aliphatic carbocycles. The summed E-state index contributed by atoms with van der Waals surface area (Å²) in [5.74, 6) is 0.127. The highest BCUT2D eigenvalue weighted by molar-refractivity contribution is 6.16. The summed E-state index contributed by atoms with van der Waals surface area (Å²) in [4.78, 5) is 12.8. The van der Waals surface area contributed by atoms with Crippen molar-refractivity contribution < 1.29 is 24.5 Å². The topological polar surface area (TPSA) is 76.0 Å². The molecule has 0 radical (unpaired) electrons. The van der Waals surface area contributed by atoms with Crippen molar-refractivity contribution in [3.8, 4) is 23.0 Å². The van der Waals surface area contributed by atoms with Crippen LogP contribution in [0.2, 0.25) is 0 Å². The number of fused-ring (bicyclic) bond motifs is 1. The van der Waals surface area contributed by atoms with Crippen LogP contribution in [0, 0.1) is 0 Å². The van der Waals surface area contributed by atoms with Gasteiger partial charge in [-0.25, -0.2) is 0 Å². The van der Waals surface area contributed by atoms with Crippen LogP contribution in [0.1, 0.15) is 27.0 Å². The Morgan fingerprint density at radius 3 is 2.43 bits per heavy atom. The lowest BCUT2D eigenvalue weighted by atomic mass is 10.0. The lowest BCUT2D eigenvalue weighted by Gasteiger charge is -2.08. The van der Waals surface area contributed by atoms with E-state index in [1.54, 1.807) is 37.5 Å². The van der Waals surface area contributed by atoms with E-state index < -0.39 is 5.78 Å². The number of allylic oxidation sites excluding steroid dienone is 2. The molecule has 0 saturated carbocycles. The fourth-order valence-electron chi connectivity index (χ4n) is 3.29. The van der Waals surface area contributed by atoms with Gasteiger partial charge < -0.3 is 19.7 Å². The molecule has 1 aliphatic rings. The molecule has 0 bridgehead atoms. The van der Waals surface area contributed by atoms with Crippen LogP contribution in [-0.4, -0.2) is 23.1 Å². The van der Waals surface area contributed by atoms with E-state index in [1.807, 2.05) is 42.5 Å². The molecule has 5 nitrogen and oxygen atoms in total. The number of hydrogen-bond acceptors (Lipinski definition) is 5. The SMILES string of the molecule is COc1ccc(C=C2Oc3cc(O)c(CC=Cc4ccccc4)c(O)c3C2=O)cc1. The zero-order valence-electron chi connectivity index (χ0n) is 16.3. The van der Waals surface area contributed by atoms with Gasteiger partial charge in [-0.1, -0.05) is 54.6 Å². The van der Waals surface area contributed by atoms with Crippen molar-refractivity contribution in [1.82, 2.24) is 0 Å². The quantitative estimate of drug-likeness (QED) is 0.591. The average Bonchev–Trinajstić information content (AvgIpc) is 3.06. The van der Waals surface area contributed by atoms with Crippen LogP contribution in [0.5, 0.6) is 23.0 Å². The number of rotatable bonds is 5. The number of ketones is 1. The fourth-order valence-corrected chi connectivity index (χ4v) is 3.29. The lowest BCUT2D eigenvalue weighted by Crippen LogP contribution is -1.99. The summed E-state index contributed by atoms with van der Waals surface area (Å²) >= 11 is 0. The first kappa shape index (κ1) is 19.3. The number of hydrogen-bond donors (Lipinski definition) is 2. The van der Waals surface area contributed by atoms with Gasteiger partial charge in [-0.3, -0.25) is 4.79 Å². The summed E-state index contributed by atoms with van der Waals surface area (Å²) in [7, 11) is 1.58. The fraction of sp³-hybridized carbons (Fsp3) is 0.0800. The van der Waals surface area contributed by atoms with Crippen molar-refractivity contribution >= 4 is 17.9 Å². The zero-order valence-corrected chi connectivity index (χ0v) is 16.3. The Balaban J connectivity index is 1.60. The highest BCUT2D eigenvalue weighted by atomic mass is 16.5. The van der Waals surface area contributed by atoms with Gasteiger partial charge >= 0.3 is 0 Å². The maximum absolute atomic E-state index is 12.8. The number of ether oxygens (including phenoxy) is 2. The largest absolute Gasteiger partial charge is 0.507 e. The number of Topliss-reactive ketones (excluding diaryl/α,β-unsaturated/α-hetero) is 1. The first-order valence-electron chi connectivity index (χ1n) is 9.44. The second-order valence-corrected chi connectivity index (χ2v) is 6.83. The van der Waals surface area contributed by atoms with Crippen LogP contribution in [0.4, 0.5) is 0 Å². The highest BCUT2D eigenvalue weighted by Gasteiger charge is 2.33. The average molecular weight is 400 g/mol. The van der Waals surface area contributed by atoms with Crippen molar-refractivity contribution in [1.29, 1.82) is 0 Å². The summed E-state index contributed by atoms with van der Waals surface area (Å²) < 4.78 is 10.7. The summed E-state index contributed by atoms with van der Waals surface area (Å²) in [5.41, 5.74) is 2.10. The van der Waals surface area contributed by atoms with Crippen molar-refractivity contribution in [3.05, 3.63) is 94.8 Å². The van der Waals surface area contributed by atoms with E-state index in [9.17, 15) is 15.0 Å². The number of carbonyl (C=O) groups excluding carboxylic acids is 1. The summed E-state index contributed by atoms with van der Waals surface area (Å²) in [6.45, 7) is 0. The van der Waals surface area contributed by atoms with E-state index in [0.29, 0.717) is 5.75 Å². The number of carbonyl (C=O) groups is 1. The molecule has 3 aromatic carbocycles. The molecule has 1 aliphatic heterocycles. The minimum absolute atomic E-state index is 0.0654. The normalized spacial score (nSPS) is 14.2. The van der Waals surface area contributed by atoms with Gasteiger partial charge in [0.2, 0.25) is 5.78 Å². The highest BCUT2D eigenvalue weighted by Crippen LogP contribution is 2.44. The molecule has 1 heterocycles. The molecule has 0 unspecified atom stereocenters. The second kappa shape index (κ2) is 8.17. The first-order valence-corrected chi connectivity index (χ1v) is 9.44. The Morgan fingerprint density at radius 1 is 1.00 bits per heavy atom. The molecule has 2 N–H and O–H groups in total. The molecular formula is C25H20O5. The van der Waals surface area contributed by atoms with Gasteiger partial charge in [0.05, 0.1) is 7.11 Å². The Bertz CT molecular complexity index is 1140. The zero-order chi connectivity index (χ0) is 21.1. The van der Waals surface area contributed by atoms with Gasteiger partial charge in [0.1, 0.15) is 28.6 Å². The van der Waals surface area contributed by atoms with E-state index in [0.717, 1.165) is 11.1 Å². The van der Waals surface area contributed by atoms with Crippen LogP contribution in [0.15, 0.2) is 72.5 Å². The van der Waals surface area contributed by atoms with E-state index >= 15 is 0 Å². The molecule has 0 fully saturated rings. The monoisotopic (exact) mass is 400 g/mol. The maximum Gasteiger partial charge on any atom is 0.235 e. The molecule has 0 amide bonds. The van der Waals surface area contributed by atoms with Crippen LogP contribution < -0.4 is 9.47 Å². The van der Waals surface area contributed by atoms with Gasteiger partial charge in [-0.15, -0.1) is 0 Å². The van der Waals surface area contributed by atoms with Crippen LogP contribution in [-0.2, 0) is 6.42 Å². The standard InChI is InChI=1S/C25H20O5/c1-29-18-12-10-17(11-13-18)14-22-25(28)23-21(30-22)15-20(26)19(24(23)27)9-5-8-16-6-3-2-4-7-16/h2-8,10-15,26-27H,9H2,1H3. The van der Waals surface area contributed by atoms with E-state index in [-0.39, 0.29) is 40.6 Å². The molecular weight excluding hydrogens is 380 g/mol. The third-order valence-electron chi connectivity index (χ3n) is 4.86. The first-order chi connectivity index (χ1) is 14.6. The Kier molecular flexibility index (Phi) is 5.26. The lowest BCUT2D eigenvalue weighted by molar-refractivity contribution is 0.101. The Labute approximate surface area is 174 Å². The number of phenolic OH excluding ortho intramolecular Hbond substituents is 2. The molecule has 30 heavy (non-hydrogen) atoms. The Morgan fingerprint density at radius 2 is 1.73 bits per heavy atom. The molecule has 0 aromatic heterocycles. The molecule has 0 spiro atoms. The maximum atomic E-state index is 12.8. The predicted octanol–water partition coefficient (Wildman–Crippen LogP) is 4.98. The molecule has 0 atom stereocenters.